The highest BCUT2D eigenvalue weighted by Gasteiger charge is 2.10. The molecule has 0 N–H and O–H groups in total. The van der Waals surface area contributed by atoms with Gasteiger partial charge >= 0.3 is 0 Å². The normalized spacial score (nSPS) is 10.1. The van der Waals surface area contributed by atoms with Gasteiger partial charge in [-0.3, -0.25) is 0 Å². The van der Waals surface area contributed by atoms with Crippen molar-refractivity contribution >= 4 is 17.2 Å². The zero-order valence-corrected chi connectivity index (χ0v) is 10.6. The van der Waals surface area contributed by atoms with E-state index in [0.29, 0.717) is 0 Å². The first-order valence-corrected chi connectivity index (χ1v) is 6.02. The third kappa shape index (κ3) is 2.78. The number of thiocarbonyl (C=S) groups is 1. The summed E-state index contributed by atoms with van der Waals surface area (Å²) >= 11 is 5.52. The Morgan fingerprint density at radius 2 is 1.73 bits per heavy atom. The molecule has 0 aliphatic heterocycles. The summed E-state index contributed by atoms with van der Waals surface area (Å²) in [6.07, 6.45) is 1.04. The first-order chi connectivity index (χ1) is 7.24. The van der Waals surface area contributed by atoms with Crippen LogP contribution in [0.5, 0.6) is 0 Å². The molecule has 0 bridgehead atoms. The second-order valence-corrected chi connectivity index (χ2v) is 3.87. The molecule has 1 aromatic carbocycles. The lowest BCUT2D eigenvalue weighted by atomic mass is 10.0. The van der Waals surface area contributed by atoms with Gasteiger partial charge in [-0.1, -0.05) is 43.4 Å². The van der Waals surface area contributed by atoms with Crippen LogP contribution in [-0.2, 0) is 6.42 Å². The van der Waals surface area contributed by atoms with Gasteiger partial charge < -0.3 is 4.90 Å². The van der Waals surface area contributed by atoms with Gasteiger partial charge in [-0.15, -0.1) is 0 Å². The number of rotatable bonds is 4. The van der Waals surface area contributed by atoms with Gasteiger partial charge in [-0.25, -0.2) is 0 Å². The number of nitrogens with zero attached hydrogens (tertiary/aromatic N) is 1. The highest BCUT2D eigenvalue weighted by atomic mass is 32.1. The standard InChI is InChI=1S/C13H19NS/c1-4-11-9-7-8-10-12(11)13(15)14(5-2)6-3/h7-10H,4-6H2,1-3H3. The third-order valence-electron chi connectivity index (χ3n) is 2.68. The summed E-state index contributed by atoms with van der Waals surface area (Å²) in [5.41, 5.74) is 2.56. The lowest BCUT2D eigenvalue weighted by molar-refractivity contribution is 0.474. The van der Waals surface area contributed by atoms with Crippen molar-refractivity contribution in [3.63, 3.8) is 0 Å². The van der Waals surface area contributed by atoms with Crippen LogP contribution in [0, 0.1) is 0 Å². The third-order valence-corrected chi connectivity index (χ3v) is 3.16. The molecule has 0 aliphatic rings. The number of aryl methyl sites for hydroxylation is 1. The monoisotopic (exact) mass is 221 g/mol. The molecule has 0 aromatic heterocycles. The van der Waals surface area contributed by atoms with Crippen LogP contribution in [0.25, 0.3) is 0 Å². The van der Waals surface area contributed by atoms with Crippen molar-refractivity contribution in [2.45, 2.75) is 27.2 Å². The molecule has 0 unspecified atom stereocenters. The van der Waals surface area contributed by atoms with Crippen LogP contribution in [0.15, 0.2) is 24.3 Å². The molecule has 0 saturated heterocycles. The second kappa shape index (κ2) is 5.86. The molecular weight excluding hydrogens is 202 g/mol. The summed E-state index contributed by atoms with van der Waals surface area (Å²) in [5, 5.41) is 0. The Hall–Kier alpha value is -0.890. The van der Waals surface area contributed by atoms with Crippen LogP contribution < -0.4 is 0 Å². The van der Waals surface area contributed by atoms with E-state index in [1.807, 2.05) is 0 Å². The van der Waals surface area contributed by atoms with Gasteiger partial charge in [-0.05, 0) is 25.8 Å². The molecule has 1 aromatic rings. The molecule has 2 heteroatoms. The molecule has 0 spiro atoms. The van der Waals surface area contributed by atoms with Crippen LogP contribution in [0.2, 0.25) is 0 Å². The summed E-state index contributed by atoms with van der Waals surface area (Å²) in [7, 11) is 0. The van der Waals surface area contributed by atoms with Gasteiger partial charge in [0.15, 0.2) is 0 Å². The first-order valence-electron chi connectivity index (χ1n) is 5.61. The molecule has 1 rings (SSSR count). The van der Waals surface area contributed by atoms with Gasteiger partial charge in [-0.2, -0.15) is 0 Å². The Balaban J connectivity index is 2.99. The van der Waals surface area contributed by atoms with Crippen molar-refractivity contribution < 1.29 is 0 Å². The lowest BCUT2D eigenvalue weighted by Gasteiger charge is -2.23. The average molecular weight is 221 g/mol. The van der Waals surface area contributed by atoms with Gasteiger partial charge in [0, 0.05) is 18.7 Å². The molecular formula is C13H19NS. The SMILES string of the molecule is CCc1ccccc1C(=S)N(CC)CC. The Labute approximate surface area is 98.1 Å². The van der Waals surface area contributed by atoms with Crippen molar-refractivity contribution in [2.75, 3.05) is 13.1 Å². The van der Waals surface area contributed by atoms with Gasteiger partial charge in [0.2, 0.25) is 0 Å². The van der Waals surface area contributed by atoms with E-state index in [1.54, 1.807) is 0 Å². The van der Waals surface area contributed by atoms with E-state index in [4.69, 9.17) is 12.2 Å². The smallest absolute Gasteiger partial charge is 0.109 e. The maximum atomic E-state index is 5.52. The zero-order valence-electron chi connectivity index (χ0n) is 9.79. The van der Waals surface area contributed by atoms with Crippen LogP contribution in [0.4, 0.5) is 0 Å². The summed E-state index contributed by atoms with van der Waals surface area (Å²) in [6, 6.07) is 8.42. The lowest BCUT2D eigenvalue weighted by Crippen LogP contribution is -2.30. The Kier molecular flexibility index (Phi) is 4.76. The number of hydrogen-bond donors (Lipinski definition) is 0. The average Bonchev–Trinajstić information content (AvgIpc) is 2.30. The van der Waals surface area contributed by atoms with Crippen LogP contribution in [0.3, 0.4) is 0 Å². The van der Waals surface area contributed by atoms with E-state index in [9.17, 15) is 0 Å². The maximum absolute atomic E-state index is 5.52. The molecule has 82 valence electrons. The Morgan fingerprint density at radius 3 is 2.27 bits per heavy atom. The van der Waals surface area contributed by atoms with Crippen molar-refractivity contribution in [1.82, 2.24) is 4.90 Å². The van der Waals surface area contributed by atoms with Crippen LogP contribution >= 0.6 is 12.2 Å². The minimum Gasteiger partial charge on any atom is -0.363 e. The predicted octanol–water partition coefficient (Wildman–Crippen LogP) is 3.27. The quantitative estimate of drug-likeness (QED) is 0.718. The second-order valence-electron chi connectivity index (χ2n) is 3.49. The zero-order chi connectivity index (χ0) is 11.3. The molecule has 15 heavy (non-hydrogen) atoms. The topological polar surface area (TPSA) is 3.24 Å². The molecule has 0 fully saturated rings. The largest absolute Gasteiger partial charge is 0.363 e. The molecule has 0 amide bonds. The Morgan fingerprint density at radius 1 is 1.13 bits per heavy atom. The minimum absolute atomic E-state index is 0.980. The molecule has 0 atom stereocenters. The summed E-state index contributed by atoms with van der Waals surface area (Å²) in [4.78, 5) is 3.21. The molecule has 0 saturated carbocycles. The first kappa shape index (κ1) is 12.2. The van der Waals surface area contributed by atoms with E-state index in [0.717, 1.165) is 24.5 Å². The summed E-state index contributed by atoms with van der Waals surface area (Å²) in [6.45, 7) is 8.42. The van der Waals surface area contributed by atoms with Gasteiger partial charge in [0.05, 0.1) is 0 Å². The highest BCUT2D eigenvalue weighted by Crippen LogP contribution is 2.13. The van der Waals surface area contributed by atoms with E-state index in [-0.39, 0.29) is 0 Å². The highest BCUT2D eigenvalue weighted by molar-refractivity contribution is 7.80. The molecule has 0 aliphatic carbocycles. The molecule has 0 heterocycles. The summed E-state index contributed by atoms with van der Waals surface area (Å²) < 4.78 is 0. The van der Waals surface area contributed by atoms with Gasteiger partial charge in [0.25, 0.3) is 0 Å². The van der Waals surface area contributed by atoms with E-state index < -0.39 is 0 Å². The van der Waals surface area contributed by atoms with E-state index >= 15 is 0 Å². The fourth-order valence-corrected chi connectivity index (χ4v) is 2.18. The number of hydrogen-bond acceptors (Lipinski definition) is 1. The Bertz CT molecular complexity index is 329. The molecule has 1 nitrogen and oxygen atoms in total. The minimum atomic E-state index is 0.980. The van der Waals surface area contributed by atoms with Crippen molar-refractivity contribution in [1.29, 1.82) is 0 Å². The fraction of sp³-hybridized carbons (Fsp3) is 0.462. The fourth-order valence-electron chi connectivity index (χ4n) is 1.72. The van der Waals surface area contributed by atoms with E-state index in [1.165, 1.54) is 11.1 Å². The number of benzene rings is 1. The molecule has 0 radical (unpaired) electrons. The maximum Gasteiger partial charge on any atom is 0.109 e. The van der Waals surface area contributed by atoms with Crippen LogP contribution in [-0.4, -0.2) is 23.0 Å². The van der Waals surface area contributed by atoms with Crippen molar-refractivity contribution in [3.05, 3.63) is 35.4 Å². The van der Waals surface area contributed by atoms with Crippen molar-refractivity contribution in [2.24, 2.45) is 0 Å². The van der Waals surface area contributed by atoms with Crippen molar-refractivity contribution in [3.8, 4) is 0 Å². The van der Waals surface area contributed by atoms with E-state index in [2.05, 4.69) is 49.9 Å². The predicted molar refractivity (Wildman–Crippen MR) is 70.4 cm³/mol. The van der Waals surface area contributed by atoms with Crippen LogP contribution in [0.1, 0.15) is 31.9 Å². The summed E-state index contributed by atoms with van der Waals surface area (Å²) in [5.74, 6) is 0. The van der Waals surface area contributed by atoms with Gasteiger partial charge in [0.1, 0.15) is 4.99 Å².